The highest BCUT2D eigenvalue weighted by Gasteiger charge is 2.37. The Hall–Kier alpha value is -2.17. The third kappa shape index (κ3) is 2.89. The van der Waals surface area contributed by atoms with E-state index < -0.39 is 4.92 Å². The maximum absolute atomic E-state index is 12.4. The van der Waals surface area contributed by atoms with Gasteiger partial charge in [-0.1, -0.05) is 25.0 Å². The number of rotatable bonds is 3. The van der Waals surface area contributed by atoms with E-state index in [-0.39, 0.29) is 11.6 Å². The molecular formula is C17H20N2O3. The smallest absolute Gasteiger partial charge is 0.276 e. The van der Waals surface area contributed by atoms with Gasteiger partial charge in [-0.2, -0.15) is 0 Å². The Balaban J connectivity index is 1.73. The lowest BCUT2D eigenvalue weighted by Crippen LogP contribution is -2.38. The Bertz CT molecular complexity index is 612. The van der Waals surface area contributed by atoms with Crippen LogP contribution in [0.25, 0.3) is 6.08 Å². The number of carbonyl (C=O) groups is 1. The summed E-state index contributed by atoms with van der Waals surface area (Å²) in [5.41, 5.74) is 0.503. The molecule has 1 aromatic carbocycles. The standard InChI is InChI=1S/C17H20N2O3/c20-17(18-12-11-14-6-1-3-7-15(14)18)10-9-13-5-2-4-8-16(13)19(21)22/h2,4-5,8-10,14-15H,1,3,6-7,11-12H2/b10-9+. The molecule has 5 nitrogen and oxygen atoms in total. The molecule has 2 aliphatic rings. The molecule has 1 saturated heterocycles. The van der Waals surface area contributed by atoms with Crippen LogP contribution in [0, 0.1) is 16.0 Å². The van der Waals surface area contributed by atoms with Crippen molar-refractivity contribution in [2.75, 3.05) is 6.54 Å². The maximum Gasteiger partial charge on any atom is 0.276 e. The predicted octanol–water partition coefficient (Wildman–Crippen LogP) is 3.40. The molecule has 116 valence electrons. The Morgan fingerprint density at radius 2 is 2.00 bits per heavy atom. The molecule has 3 rings (SSSR count). The number of fused-ring (bicyclic) bond motifs is 1. The lowest BCUT2D eigenvalue weighted by molar-refractivity contribution is -0.385. The molecule has 1 saturated carbocycles. The van der Waals surface area contributed by atoms with E-state index in [0.29, 0.717) is 17.5 Å². The number of hydrogen-bond donors (Lipinski definition) is 0. The summed E-state index contributed by atoms with van der Waals surface area (Å²) in [5.74, 6) is 0.629. The first-order chi connectivity index (χ1) is 10.7. The second-order valence-electron chi connectivity index (χ2n) is 6.08. The second kappa shape index (κ2) is 6.30. The van der Waals surface area contributed by atoms with Crippen LogP contribution in [0.1, 0.15) is 37.7 Å². The van der Waals surface area contributed by atoms with Crippen LogP contribution in [0.5, 0.6) is 0 Å². The quantitative estimate of drug-likeness (QED) is 0.488. The van der Waals surface area contributed by atoms with Crippen molar-refractivity contribution < 1.29 is 9.72 Å². The molecular weight excluding hydrogens is 280 g/mol. The fourth-order valence-corrected chi connectivity index (χ4v) is 3.73. The minimum atomic E-state index is -0.419. The zero-order valence-electron chi connectivity index (χ0n) is 12.5. The van der Waals surface area contributed by atoms with Crippen LogP contribution in [0.3, 0.4) is 0 Å². The Morgan fingerprint density at radius 3 is 2.82 bits per heavy atom. The van der Waals surface area contributed by atoms with E-state index in [4.69, 9.17) is 0 Å². The molecule has 0 radical (unpaired) electrons. The van der Waals surface area contributed by atoms with Gasteiger partial charge in [-0.15, -0.1) is 0 Å². The molecule has 2 unspecified atom stereocenters. The predicted molar refractivity (Wildman–Crippen MR) is 84.2 cm³/mol. The molecule has 1 amide bonds. The van der Waals surface area contributed by atoms with E-state index in [1.54, 1.807) is 24.3 Å². The Labute approximate surface area is 129 Å². The fraction of sp³-hybridized carbons (Fsp3) is 0.471. The van der Waals surface area contributed by atoms with Crippen LogP contribution < -0.4 is 0 Å². The van der Waals surface area contributed by atoms with Gasteiger partial charge in [0.05, 0.1) is 10.5 Å². The van der Waals surface area contributed by atoms with Crippen molar-refractivity contribution >= 4 is 17.7 Å². The van der Waals surface area contributed by atoms with E-state index in [1.165, 1.54) is 31.4 Å². The van der Waals surface area contributed by atoms with Gasteiger partial charge in [0.15, 0.2) is 0 Å². The SMILES string of the molecule is O=C(/C=C/c1ccccc1[N+](=O)[O-])N1CCC2CCCCC21. The molecule has 5 heteroatoms. The number of nitro groups is 1. The van der Waals surface area contributed by atoms with Crippen molar-refractivity contribution in [3.63, 3.8) is 0 Å². The first-order valence-electron chi connectivity index (χ1n) is 7.89. The lowest BCUT2D eigenvalue weighted by atomic mass is 9.85. The molecule has 1 aliphatic carbocycles. The minimum absolute atomic E-state index is 0.0208. The molecule has 2 fully saturated rings. The van der Waals surface area contributed by atoms with Crippen molar-refractivity contribution in [2.24, 2.45) is 5.92 Å². The van der Waals surface area contributed by atoms with Crippen molar-refractivity contribution in [3.8, 4) is 0 Å². The van der Waals surface area contributed by atoms with Gasteiger partial charge in [0.1, 0.15) is 0 Å². The summed E-state index contributed by atoms with van der Waals surface area (Å²) in [6.07, 6.45) is 8.93. The van der Waals surface area contributed by atoms with E-state index in [1.807, 2.05) is 4.90 Å². The highest BCUT2D eigenvalue weighted by molar-refractivity contribution is 5.92. The van der Waals surface area contributed by atoms with Gasteiger partial charge in [0.2, 0.25) is 5.91 Å². The summed E-state index contributed by atoms with van der Waals surface area (Å²) in [6.45, 7) is 0.815. The van der Waals surface area contributed by atoms with E-state index in [2.05, 4.69) is 0 Å². The van der Waals surface area contributed by atoms with Gasteiger partial charge < -0.3 is 4.90 Å². The first-order valence-corrected chi connectivity index (χ1v) is 7.89. The molecule has 1 aromatic rings. The highest BCUT2D eigenvalue weighted by atomic mass is 16.6. The number of nitro benzene ring substituents is 1. The van der Waals surface area contributed by atoms with Crippen LogP contribution >= 0.6 is 0 Å². The zero-order chi connectivity index (χ0) is 15.5. The zero-order valence-corrected chi connectivity index (χ0v) is 12.5. The number of para-hydroxylation sites is 1. The average molecular weight is 300 g/mol. The van der Waals surface area contributed by atoms with Crippen LogP contribution in [0.15, 0.2) is 30.3 Å². The monoisotopic (exact) mass is 300 g/mol. The van der Waals surface area contributed by atoms with Crippen LogP contribution in [-0.2, 0) is 4.79 Å². The number of hydrogen-bond acceptors (Lipinski definition) is 3. The first kappa shape index (κ1) is 14.8. The van der Waals surface area contributed by atoms with Gasteiger partial charge in [0, 0.05) is 24.7 Å². The molecule has 0 bridgehead atoms. The van der Waals surface area contributed by atoms with Gasteiger partial charge in [-0.05, 0) is 37.3 Å². The lowest BCUT2D eigenvalue weighted by Gasteiger charge is -2.31. The van der Waals surface area contributed by atoms with Crippen molar-refractivity contribution in [2.45, 2.75) is 38.1 Å². The van der Waals surface area contributed by atoms with E-state index in [0.717, 1.165) is 19.4 Å². The summed E-state index contributed by atoms with van der Waals surface area (Å²) in [4.78, 5) is 24.9. The third-order valence-corrected chi connectivity index (χ3v) is 4.83. The number of benzene rings is 1. The molecule has 0 spiro atoms. The van der Waals surface area contributed by atoms with Crippen LogP contribution in [0.2, 0.25) is 0 Å². The third-order valence-electron chi connectivity index (χ3n) is 4.83. The molecule has 0 aromatic heterocycles. The Kier molecular flexibility index (Phi) is 4.22. The number of nitrogens with zero attached hydrogens (tertiary/aromatic N) is 2. The number of carbonyl (C=O) groups excluding carboxylic acids is 1. The summed E-state index contributed by atoms with van der Waals surface area (Å²) in [5, 5.41) is 11.0. The number of likely N-dealkylation sites (tertiary alicyclic amines) is 1. The maximum atomic E-state index is 12.4. The highest BCUT2D eigenvalue weighted by Crippen LogP contribution is 2.36. The van der Waals surface area contributed by atoms with Crippen molar-refractivity contribution in [3.05, 3.63) is 46.0 Å². The fourth-order valence-electron chi connectivity index (χ4n) is 3.73. The summed E-state index contributed by atoms with van der Waals surface area (Å²) in [7, 11) is 0. The van der Waals surface area contributed by atoms with Gasteiger partial charge in [-0.25, -0.2) is 0 Å². The average Bonchev–Trinajstić information content (AvgIpc) is 2.97. The molecule has 22 heavy (non-hydrogen) atoms. The van der Waals surface area contributed by atoms with Gasteiger partial charge in [-0.3, -0.25) is 14.9 Å². The summed E-state index contributed by atoms with van der Waals surface area (Å²) in [6, 6.07) is 6.86. The Morgan fingerprint density at radius 1 is 1.23 bits per heavy atom. The topological polar surface area (TPSA) is 63.4 Å². The minimum Gasteiger partial charge on any atom is -0.336 e. The summed E-state index contributed by atoms with van der Waals surface area (Å²) < 4.78 is 0. The second-order valence-corrected chi connectivity index (χ2v) is 6.08. The van der Waals surface area contributed by atoms with E-state index in [9.17, 15) is 14.9 Å². The van der Waals surface area contributed by atoms with Crippen LogP contribution in [0.4, 0.5) is 5.69 Å². The largest absolute Gasteiger partial charge is 0.336 e. The normalized spacial score (nSPS) is 24.5. The molecule has 1 aliphatic heterocycles. The number of amides is 1. The van der Waals surface area contributed by atoms with E-state index >= 15 is 0 Å². The molecule has 0 N–H and O–H groups in total. The molecule has 2 atom stereocenters. The summed E-state index contributed by atoms with van der Waals surface area (Å²) >= 11 is 0. The van der Waals surface area contributed by atoms with Crippen molar-refractivity contribution in [1.29, 1.82) is 0 Å². The molecule has 1 heterocycles. The van der Waals surface area contributed by atoms with Gasteiger partial charge >= 0.3 is 0 Å². The van der Waals surface area contributed by atoms with Gasteiger partial charge in [0.25, 0.3) is 5.69 Å². The van der Waals surface area contributed by atoms with Crippen LogP contribution in [-0.4, -0.2) is 28.3 Å². The van der Waals surface area contributed by atoms with Crippen molar-refractivity contribution in [1.82, 2.24) is 4.90 Å².